The predicted octanol–water partition coefficient (Wildman–Crippen LogP) is 12.4. The Hall–Kier alpha value is -2.54. The lowest BCUT2D eigenvalue weighted by Crippen LogP contribution is -2.24. The van der Waals surface area contributed by atoms with Crippen molar-refractivity contribution in [1.29, 1.82) is 0 Å². The molecule has 0 aliphatic rings. The predicted molar refractivity (Wildman–Crippen MR) is 194 cm³/mol. The molecule has 1 heteroatoms. The van der Waals surface area contributed by atoms with Gasteiger partial charge in [0.05, 0.1) is 0 Å². The highest BCUT2D eigenvalue weighted by atomic mass is 14.6. The first-order valence-corrected chi connectivity index (χ1v) is 16.3. The summed E-state index contributed by atoms with van der Waals surface area (Å²) in [4.78, 5) is 0. The molecule has 0 saturated heterocycles. The number of anilines is 1. The fraction of sp³-hybridized carbons (Fsp3) is 0.571. The van der Waals surface area contributed by atoms with Gasteiger partial charge < -0.3 is 5.73 Å². The molecule has 0 saturated carbocycles. The third-order valence-corrected chi connectivity index (χ3v) is 8.89. The Balaban J connectivity index is 2.61. The minimum atomic E-state index is -0.0550. The van der Waals surface area contributed by atoms with Gasteiger partial charge in [0.2, 0.25) is 0 Å². The van der Waals surface area contributed by atoms with E-state index in [4.69, 9.17) is 5.73 Å². The second kappa shape index (κ2) is 10.8. The van der Waals surface area contributed by atoms with E-state index in [-0.39, 0.29) is 32.5 Å². The summed E-state index contributed by atoms with van der Waals surface area (Å²) in [6.07, 6.45) is 0. The minimum Gasteiger partial charge on any atom is -0.398 e. The van der Waals surface area contributed by atoms with E-state index in [1.165, 1.54) is 44.5 Å². The van der Waals surface area contributed by atoms with Crippen LogP contribution in [0, 0.1) is 0 Å². The maximum Gasteiger partial charge on any atom is 0.0473 e. The number of benzene rings is 3. The molecule has 0 spiro atoms. The first kappa shape index (κ1) is 34.9. The van der Waals surface area contributed by atoms with Crippen LogP contribution in [-0.2, 0) is 32.5 Å². The molecule has 43 heavy (non-hydrogen) atoms. The van der Waals surface area contributed by atoms with Crippen molar-refractivity contribution < 1.29 is 0 Å². The molecule has 0 aliphatic carbocycles. The van der Waals surface area contributed by atoms with Gasteiger partial charge in [0.25, 0.3) is 0 Å². The Morgan fingerprint density at radius 3 is 0.791 bits per heavy atom. The topological polar surface area (TPSA) is 26.0 Å². The van der Waals surface area contributed by atoms with E-state index in [9.17, 15) is 0 Å². The average Bonchev–Trinajstić information content (AvgIpc) is 2.79. The van der Waals surface area contributed by atoms with Gasteiger partial charge in [0.1, 0.15) is 0 Å². The molecule has 0 atom stereocenters. The maximum absolute atomic E-state index is 7.44. The molecule has 0 bridgehead atoms. The standard InChI is InChI=1S/C42H63N/c1-37(2,3)26-22-30(39(7,8)9)34(31(23-26)40(10,11)12)28-20-19-21-29(36(28)43)35-32(41(13,14)15)24-27(38(4,5)6)25-33(35)42(16,17)18/h19-25H,43H2,1-18H3. The molecular formula is C42H63N. The molecule has 0 unspecified atom stereocenters. The quantitative estimate of drug-likeness (QED) is 0.299. The number of para-hydroxylation sites is 1. The van der Waals surface area contributed by atoms with Crippen LogP contribution in [0.15, 0.2) is 42.5 Å². The second-order valence-corrected chi connectivity index (χ2v) is 19.2. The molecule has 0 radical (unpaired) electrons. The van der Waals surface area contributed by atoms with Crippen LogP contribution in [0.2, 0.25) is 0 Å². The van der Waals surface area contributed by atoms with Crippen LogP contribution >= 0.6 is 0 Å². The van der Waals surface area contributed by atoms with Crippen LogP contribution in [0.4, 0.5) is 5.69 Å². The lowest BCUT2D eigenvalue weighted by atomic mass is 9.69. The van der Waals surface area contributed by atoms with Gasteiger partial charge in [0.15, 0.2) is 0 Å². The van der Waals surface area contributed by atoms with Crippen LogP contribution in [0.1, 0.15) is 158 Å². The zero-order valence-electron chi connectivity index (χ0n) is 31.1. The normalized spacial score (nSPS) is 13.9. The van der Waals surface area contributed by atoms with Gasteiger partial charge in [-0.15, -0.1) is 0 Å². The van der Waals surface area contributed by atoms with E-state index in [2.05, 4.69) is 167 Å². The van der Waals surface area contributed by atoms with Gasteiger partial charge >= 0.3 is 0 Å². The van der Waals surface area contributed by atoms with E-state index < -0.39 is 0 Å². The molecule has 3 aromatic rings. The van der Waals surface area contributed by atoms with Crippen molar-refractivity contribution in [2.24, 2.45) is 0 Å². The van der Waals surface area contributed by atoms with Gasteiger partial charge in [-0.2, -0.15) is 0 Å². The molecule has 3 rings (SSSR count). The molecule has 2 N–H and O–H groups in total. The van der Waals surface area contributed by atoms with Crippen molar-refractivity contribution in [3.05, 3.63) is 75.8 Å². The zero-order chi connectivity index (χ0) is 33.3. The molecule has 0 fully saturated rings. The summed E-state index contributed by atoms with van der Waals surface area (Å²) in [5.74, 6) is 0. The van der Waals surface area contributed by atoms with Crippen LogP contribution in [-0.4, -0.2) is 0 Å². The van der Waals surface area contributed by atoms with E-state index >= 15 is 0 Å². The third kappa shape index (κ3) is 7.24. The molecule has 3 aromatic carbocycles. The lowest BCUT2D eigenvalue weighted by molar-refractivity contribution is 0.550. The summed E-state index contributed by atoms with van der Waals surface area (Å²) in [5.41, 5.74) is 21.3. The summed E-state index contributed by atoms with van der Waals surface area (Å²) in [7, 11) is 0. The summed E-state index contributed by atoms with van der Waals surface area (Å²) < 4.78 is 0. The molecular weight excluding hydrogens is 518 g/mol. The Kier molecular flexibility index (Phi) is 8.79. The van der Waals surface area contributed by atoms with Crippen molar-refractivity contribution in [2.75, 3.05) is 5.73 Å². The number of rotatable bonds is 2. The van der Waals surface area contributed by atoms with E-state index in [0.717, 1.165) is 16.8 Å². The molecule has 0 amide bonds. The highest BCUT2D eigenvalue weighted by Crippen LogP contribution is 2.50. The largest absolute Gasteiger partial charge is 0.398 e. The Morgan fingerprint density at radius 2 is 0.605 bits per heavy atom. The van der Waals surface area contributed by atoms with Gasteiger partial charge in [-0.1, -0.05) is 167 Å². The molecule has 0 aromatic heterocycles. The van der Waals surface area contributed by atoms with E-state index in [0.29, 0.717) is 0 Å². The summed E-state index contributed by atoms with van der Waals surface area (Å²) >= 11 is 0. The van der Waals surface area contributed by atoms with Crippen LogP contribution in [0.3, 0.4) is 0 Å². The first-order valence-electron chi connectivity index (χ1n) is 16.3. The van der Waals surface area contributed by atoms with Crippen molar-refractivity contribution in [1.82, 2.24) is 0 Å². The number of nitrogen functional groups attached to an aromatic ring is 1. The first-order chi connectivity index (χ1) is 19.1. The van der Waals surface area contributed by atoms with Gasteiger partial charge in [-0.25, -0.2) is 0 Å². The number of nitrogens with two attached hydrogens (primary N) is 1. The van der Waals surface area contributed by atoms with Crippen LogP contribution in [0.5, 0.6) is 0 Å². The maximum atomic E-state index is 7.44. The van der Waals surface area contributed by atoms with E-state index in [1.54, 1.807) is 0 Å². The summed E-state index contributed by atoms with van der Waals surface area (Å²) in [6.45, 7) is 42.0. The van der Waals surface area contributed by atoms with Gasteiger partial charge in [-0.05, 0) is 77.0 Å². The lowest BCUT2D eigenvalue weighted by Gasteiger charge is -2.35. The smallest absolute Gasteiger partial charge is 0.0473 e. The SMILES string of the molecule is CC(C)(C)c1cc(C(C)(C)C)c(-c2cccc(-c3c(C(C)(C)C)cc(C(C)(C)C)cc3C(C)(C)C)c2N)c(C(C)(C)C)c1. The monoisotopic (exact) mass is 581 g/mol. The van der Waals surface area contributed by atoms with Crippen molar-refractivity contribution >= 4 is 5.69 Å². The van der Waals surface area contributed by atoms with Crippen molar-refractivity contribution in [2.45, 2.75) is 157 Å². The van der Waals surface area contributed by atoms with Gasteiger partial charge in [0, 0.05) is 16.8 Å². The fourth-order valence-electron chi connectivity index (χ4n) is 6.10. The highest BCUT2D eigenvalue weighted by molar-refractivity contribution is 5.94. The van der Waals surface area contributed by atoms with Crippen molar-refractivity contribution in [3.8, 4) is 22.3 Å². The fourth-order valence-corrected chi connectivity index (χ4v) is 6.10. The van der Waals surface area contributed by atoms with Crippen molar-refractivity contribution in [3.63, 3.8) is 0 Å². The third-order valence-electron chi connectivity index (χ3n) is 8.89. The van der Waals surface area contributed by atoms with Gasteiger partial charge in [-0.3, -0.25) is 0 Å². The Labute approximate surface area is 266 Å². The van der Waals surface area contributed by atoms with Crippen LogP contribution in [0.25, 0.3) is 22.3 Å². The number of hydrogen-bond donors (Lipinski definition) is 1. The molecule has 1 nitrogen and oxygen atoms in total. The highest BCUT2D eigenvalue weighted by Gasteiger charge is 2.33. The number of hydrogen-bond acceptors (Lipinski definition) is 1. The second-order valence-electron chi connectivity index (χ2n) is 19.2. The van der Waals surface area contributed by atoms with E-state index in [1.807, 2.05) is 0 Å². The Morgan fingerprint density at radius 1 is 0.372 bits per heavy atom. The average molecular weight is 582 g/mol. The molecule has 0 heterocycles. The Bertz CT molecular complexity index is 1310. The molecule has 236 valence electrons. The zero-order valence-corrected chi connectivity index (χ0v) is 31.1. The minimum absolute atomic E-state index is 0.0456. The molecule has 0 aliphatic heterocycles. The summed E-state index contributed by atoms with van der Waals surface area (Å²) in [6, 6.07) is 16.6. The summed E-state index contributed by atoms with van der Waals surface area (Å²) in [5, 5.41) is 0. The van der Waals surface area contributed by atoms with Crippen LogP contribution < -0.4 is 5.73 Å².